The highest BCUT2D eigenvalue weighted by molar-refractivity contribution is 6.31. The third-order valence-electron chi connectivity index (χ3n) is 4.94. The number of amides is 2. The predicted molar refractivity (Wildman–Crippen MR) is 108 cm³/mol. The molecule has 0 unspecified atom stereocenters. The number of pyridine rings is 1. The minimum absolute atomic E-state index is 0.0391. The SMILES string of the molecule is CCC[C@H]1CN(c2ncc(C(F)(F)F)cn2)C(=O)N1CC(=O)Cc1ccc(Cl)c(C)n1. The summed E-state index contributed by atoms with van der Waals surface area (Å²) < 4.78 is 38.2. The molecule has 1 atom stereocenters. The van der Waals surface area contributed by atoms with Gasteiger partial charge in [0.15, 0.2) is 5.78 Å². The summed E-state index contributed by atoms with van der Waals surface area (Å²) in [5, 5.41) is 0.501. The van der Waals surface area contributed by atoms with E-state index in [0.29, 0.717) is 35.2 Å². The molecule has 3 heterocycles. The summed E-state index contributed by atoms with van der Waals surface area (Å²) in [5.74, 6) is -0.331. The van der Waals surface area contributed by atoms with Gasteiger partial charge in [0.1, 0.15) is 0 Å². The minimum Gasteiger partial charge on any atom is -0.312 e. The van der Waals surface area contributed by atoms with Crippen LogP contribution in [-0.4, -0.2) is 50.8 Å². The van der Waals surface area contributed by atoms with Crippen LogP contribution in [0.4, 0.5) is 23.9 Å². The summed E-state index contributed by atoms with van der Waals surface area (Å²) >= 11 is 5.96. The summed E-state index contributed by atoms with van der Waals surface area (Å²) in [6, 6.07) is 2.54. The molecule has 31 heavy (non-hydrogen) atoms. The average molecular weight is 456 g/mol. The largest absolute Gasteiger partial charge is 0.419 e. The van der Waals surface area contributed by atoms with Gasteiger partial charge >= 0.3 is 12.2 Å². The van der Waals surface area contributed by atoms with Gasteiger partial charge in [-0.25, -0.2) is 14.8 Å². The zero-order valence-corrected chi connectivity index (χ0v) is 17.7. The van der Waals surface area contributed by atoms with E-state index in [1.807, 2.05) is 6.92 Å². The maximum atomic E-state index is 12.9. The van der Waals surface area contributed by atoms with Gasteiger partial charge in [-0.15, -0.1) is 0 Å². The quantitative estimate of drug-likeness (QED) is 0.628. The molecule has 0 N–H and O–H groups in total. The Bertz CT molecular complexity index is 968. The zero-order valence-electron chi connectivity index (χ0n) is 17.0. The lowest BCUT2D eigenvalue weighted by atomic mass is 10.1. The van der Waals surface area contributed by atoms with E-state index >= 15 is 0 Å². The predicted octanol–water partition coefficient (Wildman–Crippen LogP) is 4.07. The fourth-order valence-electron chi connectivity index (χ4n) is 3.39. The molecule has 2 aromatic rings. The molecule has 0 aliphatic carbocycles. The highest BCUT2D eigenvalue weighted by atomic mass is 35.5. The highest BCUT2D eigenvalue weighted by Crippen LogP contribution is 2.29. The number of alkyl halides is 3. The number of hydrogen-bond donors (Lipinski definition) is 0. The van der Waals surface area contributed by atoms with Crippen LogP contribution in [0.3, 0.4) is 0 Å². The molecular formula is C20H21ClF3N5O2. The van der Waals surface area contributed by atoms with Gasteiger partial charge in [0, 0.05) is 18.1 Å². The van der Waals surface area contributed by atoms with E-state index in [1.54, 1.807) is 19.1 Å². The van der Waals surface area contributed by atoms with E-state index in [4.69, 9.17) is 11.6 Å². The first kappa shape index (κ1) is 22.9. The van der Waals surface area contributed by atoms with Gasteiger partial charge in [-0.3, -0.25) is 14.7 Å². The van der Waals surface area contributed by atoms with Crippen molar-refractivity contribution < 1.29 is 22.8 Å². The highest BCUT2D eigenvalue weighted by Gasteiger charge is 2.40. The van der Waals surface area contributed by atoms with Crippen molar-refractivity contribution in [2.24, 2.45) is 0 Å². The van der Waals surface area contributed by atoms with Crippen molar-refractivity contribution in [3.05, 3.63) is 46.5 Å². The molecule has 1 fully saturated rings. The van der Waals surface area contributed by atoms with Gasteiger partial charge in [0.25, 0.3) is 0 Å². The minimum atomic E-state index is -4.56. The number of hydrogen-bond acceptors (Lipinski definition) is 5. The van der Waals surface area contributed by atoms with Crippen LogP contribution < -0.4 is 4.90 Å². The lowest BCUT2D eigenvalue weighted by molar-refractivity contribution is -0.138. The number of ketones is 1. The van der Waals surface area contributed by atoms with E-state index in [0.717, 1.165) is 6.42 Å². The first-order valence-corrected chi connectivity index (χ1v) is 10.1. The molecule has 11 heteroatoms. The molecule has 1 saturated heterocycles. The molecule has 0 aromatic carbocycles. The third kappa shape index (κ3) is 5.30. The van der Waals surface area contributed by atoms with E-state index in [2.05, 4.69) is 15.0 Å². The normalized spacial score (nSPS) is 16.8. The second kappa shape index (κ2) is 9.17. The van der Waals surface area contributed by atoms with Gasteiger partial charge in [-0.05, 0) is 25.5 Å². The lowest BCUT2D eigenvalue weighted by Crippen LogP contribution is -2.39. The van der Waals surface area contributed by atoms with Crippen molar-refractivity contribution in [2.75, 3.05) is 18.0 Å². The molecular weight excluding hydrogens is 435 g/mol. The Morgan fingerprint density at radius 3 is 2.52 bits per heavy atom. The summed E-state index contributed by atoms with van der Waals surface area (Å²) in [6.45, 7) is 3.75. The standard InChI is InChI=1S/C20H21ClF3N5O2/c1-3-4-15-10-29(18-25-8-13(9-26-18)20(22,23)24)19(31)28(15)11-16(30)7-14-5-6-17(21)12(2)27-14/h5-6,8-9,15H,3-4,7,10-11H2,1-2H3/t15-/m0/s1. The van der Waals surface area contributed by atoms with Gasteiger partial charge in [0.05, 0.1) is 41.8 Å². The number of nitrogens with zero attached hydrogens (tertiary/aromatic N) is 5. The summed E-state index contributed by atoms with van der Waals surface area (Å²) in [7, 11) is 0. The molecule has 1 aliphatic heterocycles. The second-order valence-corrected chi connectivity index (χ2v) is 7.73. The number of halogens is 4. The fraction of sp³-hybridized carbons (Fsp3) is 0.450. The Morgan fingerprint density at radius 2 is 1.94 bits per heavy atom. The summed E-state index contributed by atoms with van der Waals surface area (Å²) in [5.41, 5.74) is 0.165. The Kier molecular flexibility index (Phi) is 6.78. The lowest BCUT2D eigenvalue weighted by Gasteiger charge is -2.22. The fourth-order valence-corrected chi connectivity index (χ4v) is 3.50. The molecule has 1 aliphatic rings. The number of carbonyl (C=O) groups is 2. The van der Waals surface area contributed by atoms with Crippen LogP contribution in [0.25, 0.3) is 0 Å². The molecule has 0 bridgehead atoms. The zero-order chi connectivity index (χ0) is 22.8. The van der Waals surface area contributed by atoms with Gasteiger partial charge in [-0.2, -0.15) is 13.2 Å². The van der Waals surface area contributed by atoms with E-state index in [9.17, 15) is 22.8 Å². The smallest absolute Gasteiger partial charge is 0.312 e. The topological polar surface area (TPSA) is 79.3 Å². The molecule has 3 rings (SSSR count). The van der Waals surface area contributed by atoms with E-state index in [-0.39, 0.29) is 37.3 Å². The maximum Gasteiger partial charge on any atom is 0.419 e. The summed E-state index contributed by atoms with van der Waals surface area (Å²) in [6.07, 6.45) is -1.83. The Morgan fingerprint density at radius 1 is 1.26 bits per heavy atom. The maximum absolute atomic E-state index is 12.9. The van der Waals surface area contributed by atoms with Crippen LogP contribution in [0.5, 0.6) is 0 Å². The van der Waals surface area contributed by atoms with Crippen LogP contribution >= 0.6 is 11.6 Å². The van der Waals surface area contributed by atoms with Crippen molar-refractivity contribution in [3.8, 4) is 0 Å². The number of aryl methyl sites for hydroxylation is 1. The van der Waals surface area contributed by atoms with Crippen molar-refractivity contribution >= 4 is 29.4 Å². The summed E-state index contributed by atoms with van der Waals surface area (Å²) in [4.78, 5) is 39.9. The van der Waals surface area contributed by atoms with Crippen LogP contribution in [-0.2, 0) is 17.4 Å². The van der Waals surface area contributed by atoms with Crippen LogP contribution in [0, 0.1) is 6.92 Å². The number of anilines is 1. The number of aromatic nitrogens is 3. The van der Waals surface area contributed by atoms with Gasteiger partial charge in [-0.1, -0.05) is 24.9 Å². The Balaban J connectivity index is 1.73. The van der Waals surface area contributed by atoms with E-state index in [1.165, 1.54) is 9.80 Å². The van der Waals surface area contributed by atoms with Crippen molar-refractivity contribution in [2.45, 2.75) is 45.3 Å². The van der Waals surface area contributed by atoms with Crippen molar-refractivity contribution in [3.63, 3.8) is 0 Å². The Hall–Kier alpha value is -2.75. The third-order valence-corrected chi connectivity index (χ3v) is 5.34. The monoisotopic (exact) mass is 455 g/mol. The van der Waals surface area contributed by atoms with Crippen molar-refractivity contribution in [1.82, 2.24) is 19.9 Å². The Labute approximate surface area is 182 Å². The number of rotatable bonds is 7. The number of Topliss-reactive ketones (excluding diaryl/α,β-unsaturated/α-hetero) is 1. The molecule has 0 spiro atoms. The average Bonchev–Trinajstić information content (AvgIpc) is 3.00. The molecule has 166 valence electrons. The molecule has 2 aromatic heterocycles. The van der Waals surface area contributed by atoms with E-state index < -0.39 is 17.8 Å². The molecule has 0 radical (unpaired) electrons. The van der Waals surface area contributed by atoms with Gasteiger partial charge < -0.3 is 4.90 Å². The number of urea groups is 1. The second-order valence-electron chi connectivity index (χ2n) is 7.32. The van der Waals surface area contributed by atoms with Crippen molar-refractivity contribution in [1.29, 1.82) is 0 Å². The first-order chi connectivity index (χ1) is 14.6. The van der Waals surface area contributed by atoms with Crippen LogP contribution in [0.2, 0.25) is 5.02 Å². The number of carbonyl (C=O) groups excluding carboxylic acids is 2. The molecule has 7 nitrogen and oxygen atoms in total. The van der Waals surface area contributed by atoms with Gasteiger partial charge in [0.2, 0.25) is 5.95 Å². The van der Waals surface area contributed by atoms with Crippen LogP contribution in [0.1, 0.15) is 36.7 Å². The first-order valence-electron chi connectivity index (χ1n) is 9.71. The van der Waals surface area contributed by atoms with Crippen LogP contribution in [0.15, 0.2) is 24.5 Å². The molecule has 0 saturated carbocycles. The molecule has 2 amide bonds.